The van der Waals surface area contributed by atoms with Gasteiger partial charge in [-0.3, -0.25) is 0 Å². The summed E-state index contributed by atoms with van der Waals surface area (Å²) >= 11 is 1.36. The zero-order chi connectivity index (χ0) is 15.9. The quantitative estimate of drug-likeness (QED) is 0.366. The Morgan fingerprint density at radius 1 is 1.41 bits per heavy atom. The zero-order valence-corrected chi connectivity index (χ0v) is 12.3. The van der Waals surface area contributed by atoms with Crippen LogP contribution in [0.15, 0.2) is 11.4 Å². The fourth-order valence-corrected chi connectivity index (χ4v) is 2.68. The van der Waals surface area contributed by atoms with Crippen molar-refractivity contribution in [2.45, 2.75) is 29.6 Å². The molecule has 1 aliphatic rings. The first kappa shape index (κ1) is 15.2. The first-order valence-electron chi connectivity index (χ1n) is 6.39. The highest BCUT2D eigenvalue weighted by atomic mass is 32.2. The van der Waals surface area contributed by atoms with Crippen LogP contribution < -0.4 is 10.6 Å². The van der Waals surface area contributed by atoms with Gasteiger partial charge in [0, 0.05) is 0 Å². The standard InChI is InChI=1S/C11H15N5O5S/c1-22-9-5-8(14-11(12)15-9)16(3-13-5)21-10-7(19)6(18)4(2-17)20-10/h3-4,6-7,10,17-19H,2H2,1H3,(H2,12,14,15)/t4-,6-,7-,10-/m1/s1. The number of nitrogens with zero attached hydrogens (tertiary/aromatic N) is 4. The summed E-state index contributed by atoms with van der Waals surface area (Å²) in [4.78, 5) is 17.7. The lowest BCUT2D eigenvalue weighted by Crippen LogP contribution is -2.38. The number of aromatic nitrogens is 4. The number of aliphatic hydroxyl groups excluding tert-OH is 3. The van der Waals surface area contributed by atoms with Crippen molar-refractivity contribution in [1.82, 2.24) is 19.7 Å². The fraction of sp³-hybridized carbons (Fsp3) is 0.545. The van der Waals surface area contributed by atoms with Crippen LogP contribution in [0.1, 0.15) is 0 Å². The van der Waals surface area contributed by atoms with Gasteiger partial charge in [0.1, 0.15) is 35.2 Å². The van der Waals surface area contributed by atoms with E-state index in [9.17, 15) is 10.2 Å². The molecule has 10 nitrogen and oxygen atoms in total. The summed E-state index contributed by atoms with van der Waals surface area (Å²) in [5.74, 6) is 0.0587. The van der Waals surface area contributed by atoms with Crippen LogP contribution in [0.5, 0.6) is 0 Å². The Labute approximate surface area is 128 Å². The molecule has 1 saturated heterocycles. The minimum Gasteiger partial charge on any atom is -0.394 e. The molecule has 0 saturated carbocycles. The number of aliphatic hydroxyl groups is 3. The van der Waals surface area contributed by atoms with E-state index < -0.39 is 31.2 Å². The van der Waals surface area contributed by atoms with Crippen molar-refractivity contribution in [1.29, 1.82) is 0 Å². The normalized spacial score (nSPS) is 28.4. The smallest absolute Gasteiger partial charge is 0.254 e. The van der Waals surface area contributed by atoms with Gasteiger partial charge in [-0.25, -0.2) is 9.97 Å². The molecule has 1 fully saturated rings. The molecule has 0 aromatic carbocycles. The number of hydrogen-bond acceptors (Lipinski definition) is 10. The second kappa shape index (κ2) is 5.85. The fourth-order valence-electron chi connectivity index (χ4n) is 2.15. The van der Waals surface area contributed by atoms with Crippen molar-refractivity contribution < 1.29 is 24.9 Å². The van der Waals surface area contributed by atoms with E-state index in [-0.39, 0.29) is 5.95 Å². The van der Waals surface area contributed by atoms with Crippen molar-refractivity contribution >= 4 is 28.9 Å². The summed E-state index contributed by atoms with van der Waals surface area (Å²) in [6, 6.07) is 0. The molecule has 1 aliphatic heterocycles. The first-order chi connectivity index (χ1) is 10.5. The van der Waals surface area contributed by atoms with Crippen LogP contribution in [0.2, 0.25) is 0 Å². The van der Waals surface area contributed by atoms with Crippen LogP contribution in [-0.4, -0.2) is 72.5 Å². The summed E-state index contributed by atoms with van der Waals surface area (Å²) in [5.41, 5.74) is 6.45. The van der Waals surface area contributed by atoms with Gasteiger partial charge in [-0.2, -0.15) is 4.98 Å². The molecule has 3 rings (SSSR count). The lowest BCUT2D eigenvalue weighted by atomic mass is 10.1. The van der Waals surface area contributed by atoms with Crippen molar-refractivity contribution in [2.24, 2.45) is 0 Å². The molecule has 22 heavy (non-hydrogen) atoms. The highest BCUT2D eigenvalue weighted by Gasteiger charge is 2.44. The van der Waals surface area contributed by atoms with Crippen LogP contribution >= 0.6 is 11.8 Å². The van der Waals surface area contributed by atoms with Crippen molar-refractivity contribution in [3.8, 4) is 0 Å². The molecule has 11 heteroatoms. The van der Waals surface area contributed by atoms with Crippen LogP contribution in [-0.2, 0) is 4.74 Å². The lowest BCUT2D eigenvalue weighted by molar-refractivity contribution is -0.169. The summed E-state index contributed by atoms with van der Waals surface area (Å²) < 4.78 is 6.43. The second-order valence-corrected chi connectivity index (χ2v) is 5.44. The third-order valence-corrected chi connectivity index (χ3v) is 3.93. The van der Waals surface area contributed by atoms with E-state index in [1.807, 2.05) is 6.26 Å². The van der Waals surface area contributed by atoms with E-state index in [4.69, 9.17) is 20.4 Å². The molecule has 2 aromatic rings. The monoisotopic (exact) mass is 329 g/mol. The van der Waals surface area contributed by atoms with Crippen molar-refractivity contribution in [3.63, 3.8) is 0 Å². The Kier molecular flexibility index (Phi) is 4.06. The number of thioether (sulfide) groups is 1. The Bertz CT molecular complexity index is 682. The molecule has 120 valence electrons. The highest BCUT2D eigenvalue weighted by molar-refractivity contribution is 7.98. The minimum atomic E-state index is -1.31. The van der Waals surface area contributed by atoms with E-state index in [0.717, 1.165) is 0 Å². The average Bonchev–Trinajstić information content (AvgIpc) is 3.03. The Morgan fingerprint density at radius 2 is 2.18 bits per heavy atom. The summed E-state index contributed by atoms with van der Waals surface area (Å²) in [6.07, 6.45) is -1.48. The predicted molar refractivity (Wildman–Crippen MR) is 75.9 cm³/mol. The van der Waals surface area contributed by atoms with E-state index in [0.29, 0.717) is 16.2 Å². The molecule has 0 bridgehead atoms. The van der Waals surface area contributed by atoms with Crippen LogP contribution in [0.4, 0.5) is 5.95 Å². The molecule has 4 atom stereocenters. The van der Waals surface area contributed by atoms with Gasteiger partial charge in [0.25, 0.3) is 6.29 Å². The van der Waals surface area contributed by atoms with Gasteiger partial charge in [-0.15, -0.1) is 16.5 Å². The van der Waals surface area contributed by atoms with E-state index in [2.05, 4.69) is 15.0 Å². The second-order valence-electron chi connectivity index (χ2n) is 4.65. The van der Waals surface area contributed by atoms with Crippen LogP contribution in [0.25, 0.3) is 11.2 Å². The Hall–Kier alpha value is -1.66. The molecular weight excluding hydrogens is 314 g/mol. The highest BCUT2D eigenvalue weighted by Crippen LogP contribution is 2.24. The van der Waals surface area contributed by atoms with Gasteiger partial charge in [0.05, 0.1) is 6.61 Å². The molecule has 0 aliphatic carbocycles. The van der Waals surface area contributed by atoms with Crippen LogP contribution in [0, 0.1) is 0 Å². The molecule has 0 unspecified atom stereocenters. The van der Waals surface area contributed by atoms with Crippen molar-refractivity contribution in [3.05, 3.63) is 6.33 Å². The number of nitrogens with two attached hydrogens (primary N) is 1. The van der Waals surface area contributed by atoms with Gasteiger partial charge in [0.2, 0.25) is 11.6 Å². The summed E-state index contributed by atoms with van der Waals surface area (Å²) in [5, 5.41) is 29.2. The number of anilines is 1. The maximum Gasteiger partial charge on any atom is 0.254 e. The van der Waals surface area contributed by atoms with Gasteiger partial charge in [-0.1, -0.05) is 0 Å². The number of rotatable bonds is 4. The van der Waals surface area contributed by atoms with Crippen LogP contribution in [0.3, 0.4) is 0 Å². The summed E-state index contributed by atoms with van der Waals surface area (Å²) in [6.45, 7) is -0.436. The summed E-state index contributed by atoms with van der Waals surface area (Å²) in [7, 11) is 0. The minimum absolute atomic E-state index is 0.0587. The molecule has 0 radical (unpaired) electrons. The first-order valence-corrected chi connectivity index (χ1v) is 7.61. The van der Waals surface area contributed by atoms with Crippen molar-refractivity contribution in [2.75, 3.05) is 18.6 Å². The molecule has 5 N–H and O–H groups in total. The number of fused-ring (bicyclic) bond motifs is 1. The molecule has 0 amide bonds. The average molecular weight is 329 g/mol. The number of hydrogen-bond donors (Lipinski definition) is 4. The number of imidazole rings is 1. The molecular formula is C11H15N5O5S. The van der Waals surface area contributed by atoms with E-state index in [1.54, 1.807) is 0 Å². The molecule has 3 heterocycles. The Balaban J connectivity index is 1.90. The van der Waals surface area contributed by atoms with Gasteiger partial charge in [-0.05, 0) is 6.26 Å². The molecule has 2 aromatic heterocycles. The third kappa shape index (κ3) is 2.46. The maximum absolute atomic E-state index is 9.88. The van der Waals surface area contributed by atoms with E-state index in [1.165, 1.54) is 22.8 Å². The predicted octanol–water partition coefficient (Wildman–Crippen LogP) is -2.00. The SMILES string of the molecule is CSc1nc(N)nc2c1ncn2O[C@H]1O[C@H](CO)[C@@H](O)[C@H]1O. The maximum atomic E-state index is 9.88. The molecule has 0 spiro atoms. The Morgan fingerprint density at radius 3 is 2.82 bits per heavy atom. The van der Waals surface area contributed by atoms with E-state index >= 15 is 0 Å². The number of nitrogen functional groups attached to an aromatic ring is 1. The van der Waals surface area contributed by atoms with Gasteiger partial charge >= 0.3 is 0 Å². The van der Waals surface area contributed by atoms with Gasteiger partial charge < -0.3 is 30.6 Å². The number of ether oxygens (including phenoxy) is 1. The largest absolute Gasteiger partial charge is 0.394 e. The topological polar surface area (TPSA) is 149 Å². The third-order valence-electron chi connectivity index (χ3n) is 3.26. The lowest BCUT2D eigenvalue weighted by Gasteiger charge is -2.16. The van der Waals surface area contributed by atoms with Gasteiger partial charge in [0.15, 0.2) is 0 Å². The zero-order valence-electron chi connectivity index (χ0n) is 11.5.